The molecule has 6 nitrogen and oxygen atoms in total. The second kappa shape index (κ2) is 4.89. The average Bonchev–Trinajstić information content (AvgIpc) is 2.95. The van der Waals surface area contributed by atoms with Gasteiger partial charge >= 0.3 is 0 Å². The highest BCUT2D eigenvalue weighted by molar-refractivity contribution is 7.91. The van der Waals surface area contributed by atoms with E-state index in [0.29, 0.717) is 4.88 Å². The van der Waals surface area contributed by atoms with Gasteiger partial charge in [-0.25, -0.2) is 13.1 Å². The second-order valence-electron chi connectivity index (χ2n) is 3.58. The molecule has 1 N–H and O–H groups in total. The third kappa shape index (κ3) is 2.76. The van der Waals surface area contributed by atoms with Crippen molar-refractivity contribution in [1.29, 1.82) is 5.26 Å². The van der Waals surface area contributed by atoms with Crippen LogP contribution in [0, 0.1) is 11.3 Å². The van der Waals surface area contributed by atoms with E-state index in [-0.39, 0.29) is 10.8 Å². The van der Waals surface area contributed by atoms with Gasteiger partial charge in [-0.05, 0) is 12.1 Å². The van der Waals surface area contributed by atoms with Crippen molar-refractivity contribution in [3.63, 3.8) is 0 Å². The Morgan fingerprint density at radius 2 is 2.33 bits per heavy atom. The standard InChI is InChI=1S/C10H10N4O2S2/c1-14-7-8(5-12-14)6-13-18(15,16)10-3-2-9(4-11)17-10/h2-3,5,7,13H,6H2,1H3. The SMILES string of the molecule is Cn1cc(CNS(=O)(=O)c2ccc(C#N)s2)cn1. The highest BCUT2D eigenvalue weighted by atomic mass is 32.2. The summed E-state index contributed by atoms with van der Waals surface area (Å²) in [6.07, 6.45) is 3.33. The van der Waals surface area contributed by atoms with Crippen molar-refractivity contribution in [3.05, 3.63) is 35.0 Å². The van der Waals surface area contributed by atoms with Crippen LogP contribution in [0.1, 0.15) is 10.4 Å². The number of hydrogen-bond acceptors (Lipinski definition) is 5. The molecule has 94 valence electrons. The molecule has 0 unspecified atom stereocenters. The molecule has 0 amide bonds. The topological polar surface area (TPSA) is 87.8 Å². The molecule has 0 radical (unpaired) electrons. The predicted octanol–water partition coefficient (Wildman–Crippen LogP) is 0.832. The van der Waals surface area contributed by atoms with E-state index in [1.165, 1.54) is 12.1 Å². The van der Waals surface area contributed by atoms with E-state index in [2.05, 4.69) is 9.82 Å². The van der Waals surface area contributed by atoms with Gasteiger partial charge in [-0.3, -0.25) is 4.68 Å². The summed E-state index contributed by atoms with van der Waals surface area (Å²) in [6, 6.07) is 4.82. The van der Waals surface area contributed by atoms with Gasteiger partial charge in [0.1, 0.15) is 15.2 Å². The molecule has 0 bridgehead atoms. The van der Waals surface area contributed by atoms with Crippen LogP contribution in [0.5, 0.6) is 0 Å². The minimum absolute atomic E-state index is 0.142. The number of sulfonamides is 1. The van der Waals surface area contributed by atoms with Gasteiger partial charge < -0.3 is 0 Å². The molecule has 8 heteroatoms. The van der Waals surface area contributed by atoms with Gasteiger partial charge in [-0.1, -0.05) is 0 Å². The van der Waals surface area contributed by atoms with Crippen LogP contribution in [-0.4, -0.2) is 18.2 Å². The van der Waals surface area contributed by atoms with Gasteiger partial charge in [0.15, 0.2) is 0 Å². The first-order chi connectivity index (χ1) is 8.51. The zero-order valence-electron chi connectivity index (χ0n) is 9.49. The Morgan fingerprint density at radius 1 is 1.56 bits per heavy atom. The van der Waals surface area contributed by atoms with Crippen LogP contribution in [0.2, 0.25) is 0 Å². The summed E-state index contributed by atoms with van der Waals surface area (Å²) in [5, 5.41) is 12.6. The van der Waals surface area contributed by atoms with Crippen LogP contribution < -0.4 is 4.72 Å². The summed E-state index contributed by atoms with van der Waals surface area (Å²) in [7, 11) is -1.80. The maximum absolute atomic E-state index is 11.9. The van der Waals surface area contributed by atoms with Crippen LogP contribution in [-0.2, 0) is 23.6 Å². The Balaban J connectivity index is 2.10. The summed E-state index contributed by atoms with van der Waals surface area (Å²) in [5.74, 6) is 0. The molecule has 0 saturated carbocycles. The summed E-state index contributed by atoms with van der Waals surface area (Å²) in [4.78, 5) is 0.372. The third-order valence-corrected chi connectivity index (χ3v) is 5.06. The van der Waals surface area contributed by atoms with Gasteiger partial charge in [-0.2, -0.15) is 10.4 Å². The van der Waals surface area contributed by atoms with Crippen molar-refractivity contribution in [2.75, 3.05) is 0 Å². The average molecular weight is 282 g/mol. The first kappa shape index (κ1) is 12.8. The Hall–Kier alpha value is -1.69. The van der Waals surface area contributed by atoms with E-state index in [1.54, 1.807) is 24.1 Å². The smallest absolute Gasteiger partial charge is 0.250 e. The first-order valence-corrected chi connectivity index (χ1v) is 7.28. The number of thiophene rings is 1. The summed E-state index contributed by atoms with van der Waals surface area (Å²) in [6.45, 7) is 0.177. The molecule has 0 aromatic carbocycles. The summed E-state index contributed by atoms with van der Waals surface area (Å²) in [5.41, 5.74) is 0.776. The molecule has 0 spiro atoms. The number of rotatable bonds is 4. The fourth-order valence-corrected chi connectivity index (χ4v) is 3.50. The van der Waals surface area contributed by atoms with Gasteiger partial charge in [-0.15, -0.1) is 11.3 Å². The highest BCUT2D eigenvalue weighted by Gasteiger charge is 2.16. The van der Waals surface area contributed by atoms with E-state index < -0.39 is 10.0 Å². The first-order valence-electron chi connectivity index (χ1n) is 4.98. The molecule has 2 heterocycles. The molecule has 0 saturated heterocycles. The van der Waals surface area contributed by atoms with E-state index in [1.807, 2.05) is 6.07 Å². The fraction of sp³-hybridized carbons (Fsp3) is 0.200. The molecule has 2 aromatic heterocycles. The number of aromatic nitrogens is 2. The van der Waals surface area contributed by atoms with Gasteiger partial charge in [0.05, 0.1) is 6.20 Å². The maximum Gasteiger partial charge on any atom is 0.250 e. The fourth-order valence-electron chi connectivity index (χ4n) is 1.34. The maximum atomic E-state index is 11.9. The Kier molecular flexibility index (Phi) is 3.47. The summed E-state index contributed by atoms with van der Waals surface area (Å²) < 4.78 is 28.0. The zero-order valence-corrected chi connectivity index (χ0v) is 11.1. The lowest BCUT2D eigenvalue weighted by Gasteiger charge is -2.02. The minimum atomic E-state index is -3.56. The van der Waals surface area contributed by atoms with Gasteiger partial charge in [0.2, 0.25) is 10.0 Å². The summed E-state index contributed by atoms with van der Waals surface area (Å²) >= 11 is 0.948. The zero-order chi connectivity index (χ0) is 13.2. The third-order valence-electron chi connectivity index (χ3n) is 2.18. The van der Waals surface area contributed by atoms with Crippen molar-refractivity contribution in [1.82, 2.24) is 14.5 Å². The predicted molar refractivity (Wildman–Crippen MR) is 66.3 cm³/mol. The largest absolute Gasteiger partial charge is 0.275 e. The second-order valence-corrected chi connectivity index (χ2v) is 6.65. The monoisotopic (exact) mass is 282 g/mol. The number of nitrogens with zero attached hydrogens (tertiary/aromatic N) is 3. The van der Waals surface area contributed by atoms with E-state index in [4.69, 9.17) is 5.26 Å². The quantitative estimate of drug-likeness (QED) is 0.899. The molecule has 0 fully saturated rings. The van der Waals surface area contributed by atoms with Crippen molar-refractivity contribution >= 4 is 21.4 Å². The molecule has 0 aliphatic heterocycles. The van der Waals surface area contributed by atoms with Crippen molar-refractivity contribution in [2.24, 2.45) is 7.05 Å². The molecule has 0 aliphatic rings. The van der Waals surface area contributed by atoms with Crippen molar-refractivity contribution < 1.29 is 8.42 Å². The Morgan fingerprint density at radius 3 is 2.89 bits per heavy atom. The van der Waals surface area contributed by atoms with Crippen LogP contribution in [0.3, 0.4) is 0 Å². The number of nitrogens with one attached hydrogen (secondary N) is 1. The molecular weight excluding hydrogens is 272 g/mol. The molecule has 2 aromatic rings. The van der Waals surface area contributed by atoms with Gasteiger partial charge in [0.25, 0.3) is 0 Å². The highest BCUT2D eigenvalue weighted by Crippen LogP contribution is 2.20. The lowest BCUT2D eigenvalue weighted by Crippen LogP contribution is -2.22. The lowest BCUT2D eigenvalue weighted by atomic mass is 10.4. The van der Waals surface area contributed by atoms with E-state index >= 15 is 0 Å². The van der Waals surface area contributed by atoms with E-state index in [0.717, 1.165) is 16.9 Å². The molecule has 0 aliphatic carbocycles. The molecule has 0 atom stereocenters. The number of aryl methyl sites for hydroxylation is 1. The van der Waals surface area contributed by atoms with Crippen LogP contribution in [0.25, 0.3) is 0 Å². The molecule has 2 rings (SSSR count). The normalized spacial score (nSPS) is 11.3. The Labute approximate surface area is 109 Å². The van der Waals surface area contributed by atoms with Crippen LogP contribution >= 0.6 is 11.3 Å². The van der Waals surface area contributed by atoms with Crippen molar-refractivity contribution in [2.45, 2.75) is 10.8 Å². The number of nitriles is 1. The lowest BCUT2D eigenvalue weighted by molar-refractivity contribution is 0.583. The van der Waals surface area contributed by atoms with Crippen LogP contribution in [0.15, 0.2) is 28.7 Å². The van der Waals surface area contributed by atoms with Crippen molar-refractivity contribution in [3.8, 4) is 6.07 Å². The molecule has 18 heavy (non-hydrogen) atoms. The number of hydrogen-bond donors (Lipinski definition) is 1. The molecular formula is C10H10N4O2S2. The Bertz CT molecular complexity index is 694. The van der Waals surface area contributed by atoms with Crippen LogP contribution in [0.4, 0.5) is 0 Å². The van der Waals surface area contributed by atoms with Gasteiger partial charge in [0, 0.05) is 25.4 Å². The van der Waals surface area contributed by atoms with E-state index in [9.17, 15) is 8.42 Å². The minimum Gasteiger partial charge on any atom is -0.275 e.